The number of amides is 1. The molecule has 4 rings (SSSR count). The molecule has 2 aromatic carbocycles. The van der Waals surface area contributed by atoms with Crippen LogP contribution in [0.5, 0.6) is 23.0 Å². The van der Waals surface area contributed by atoms with E-state index in [1.54, 1.807) is 19.2 Å². The first kappa shape index (κ1) is 17.9. The van der Waals surface area contributed by atoms with Gasteiger partial charge < -0.3 is 24.3 Å². The average Bonchev–Trinajstić information content (AvgIpc) is 2.71. The molecule has 0 spiro atoms. The average molecular weight is 380 g/mol. The second-order valence-corrected chi connectivity index (χ2v) is 6.38. The topological polar surface area (TPSA) is 78.4 Å². The number of nitrogens with one attached hydrogen (secondary N) is 1. The van der Waals surface area contributed by atoms with Crippen LogP contribution in [0.15, 0.2) is 40.9 Å². The van der Waals surface area contributed by atoms with Gasteiger partial charge in [-0.25, -0.2) is 4.99 Å². The van der Waals surface area contributed by atoms with Crippen LogP contribution in [0.3, 0.4) is 0 Å². The fourth-order valence-corrected chi connectivity index (χ4v) is 3.39. The molecule has 0 bridgehead atoms. The lowest BCUT2D eigenvalue weighted by atomic mass is 10.0. The molecule has 1 atom stereocenters. The van der Waals surface area contributed by atoms with Gasteiger partial charge in [-0.1, -0.05) is 18.2 Å². The van der Waals surface area contributed by atoms with Crippen molar-refractivity contribution in [2.75, 3.05) is 21.3 Å². The third-order valence-corrected chi connectivity index (χ3v) is 4.75. The minimum Gasteiger partial charge on any atom is -0.493 e. The quantitative estimate of drug-likeness (QED) is 0.882. The Hall–Kier alpha value is -3.48. The van der Waals surface area contributed by atoms with Gasteiger partial charge in [0, 0.05) is 5.56 Å². The smallest absolute Gasteiger partial charge is 0.258 e. The lowest BCUT2D eigenvalue weighted by Gasteiger charge is -2.29. The first-order valence-electron chi connectivity index (χ1n) is 8.73. The number of carbonyl (C=O) groups excluding carboxylic acids is 1. The van der Waals surface area contributed by atoms with E-state index in [1.807, 2.05) is 31.2 Å². The van der Waals surface area contributed by atoms with Crippen LogP contribution in [-0.2, 0) is 4.79 Å². The van der Waals surface area contributed by atoms with E-state index in [2.05, 4.69) is 10.3 Å². The van der Waals surface area contributed by atoms with E-state index >= 15 is 0 Å². The Morgan fingerprint density at radius 2 is 1.82 bits per heavy atom. The van der Waals surface area contributed by atoms with E-state index in [-0.39, 0.29) is 5.91 Å². The zero-order valence-corrected chi connectivity index (χ0v) is 16.0. The summed E-state index contributed by atoms with van der Waals surface area (Å²) in [6.45, 7) is 1.96. The molecule has 1 amide bonds. The first-order valence-corrected chi connectivity index (χ1v) is 8.73. The van der Waals surface area contributed by atoms with Crippen LogP contribution in [0.4, 0.5) is 0 Å². The minimum atomic E-state index is -0.727. The summed E-state index contributed by atoms with van der Waals surface area (Å²) in [6, 6.07) is 9.30. The van der Waals surface area contributed by atoms with Crippen LogP contribution in [0.1, 0.15) is 16.7 Å². The fourth-order valence-electron chi connectivity index (χ4n) is 3.39. The summed E-state index contributed by atoms with van der Waals surface area (Å²) in [6.07, 6.45) is 1.09. The number of fused-ring (bicyclic) bond motifs is 2. The lowest BCUT2D eigenvalue weighted by Crippen LogP contribution is -2.44. The van der Waals surface area contributed by atoms with Gasteiger partial charge in [0.25, 0.3) is 5.91 Å². The number of aliphatic imine (C=N–C) groups is 1. The SMILES string of the molecule is COc1ccc(C2=N[C@@H]3Oc4c(C)cccc4C=C3C(=O)N2)c(OC)c1OC. The number of benzene rings is 2. The number of hydrogen-bond donors (Lipinski definition) is 1. The zero-order valence-electron chi connectivity index (χ0n) is 16.0. The van der Waals surface area contributed by atoms with Gasteiger partial charge in [-0.15, -0.1) is 0 Å². The van der Waals surface area contributed by atoms with Gasteiger partial charge in [0.05, 0.1) is 32.5 Å². The molecule has 0 saturated heterocycles. The van der Waals surface area contributed by atoms with Gasteiger partial charge in [-0.2, -0.15) is 0 Å². The second-order valence-electron chi connectivity index (χ2n) is 6.38. The van der Waals surface area contributed by atoms with Crippen molar-refractivity contribution in [1.82, 2.24) is 5.32 Å². The van der Waals surface area contributed by atoms with Gasteiger partial charge in [0.2, 0.25) is 12.0 Å². The molecule has 2 heterocycles. The summed E-state index contributed by atoms with van der Waals surface area (Å²) < 4.78 is 22.3. The van der Waals surface area contributed by atoms with Gasteiger partial charge in [0.1, 0.15) is 11.6 Å². The highest BCUT2D eigenvalue weighted by Crippen LogP contribution is 2.41. The Labute approximate surface area is 162 Å². The van der Waals surface area contributed by atoms with Gasteiger partial charge in [-0.05, 0) is 30.7 Å². The van der Waals surface area contributed by atoms with Crippen molar-refractivity contribution in [3.05, 3.63) is 52.6 Å². The number of nitrogens with zero attached hydrogens (tertiary/aromatic N) is 1. The Bertz CT molecular complexity index is 1030. The third kappa shape index (κ3) is 2.76. The van der Waals surface area contributed by atoms with E-state index in [4.69, 9.17) is 18.9 Å². The van der Waals surface area contributed by atoms with Gasteiger partial charge >= 0.3 is 0 Å². The molecule has 28 heavy (non-hydrogen) atoms. The molecule has 2 aliphatic heterocycles. The van der Waals surface area contributed by atoms with E-state index < -0.39 is 6.23 Å². The van der Waals surface area contributed by atoms with Crippen LogP contribution < -0.4 is 24.3 Å². The number of methoxy groups -OCH3 is 3. The molecular weight excluding hydrogens is 360 g/mol. The number of para-hydroxylation sites is 1. The van der Waals surface area contributed by atoms with E-state index in [0.717, 1.165) is 16.9 Å². The summed E-state index contributed by atoms with van der Waals surface area (Å²) >= 11 is 0. The summed E-state index contributed by atoms with van der Waals surface area (Å²) in [7, 11) is 4.59. The molecule has 7 heteroatoms. The number of aryl methyl sites for hydroxylation is 1. The monoisotopic (exact) mass is 380 g/mol. The Kier molecular flexibility index (Phi) is 4.43. The van der Waals surface area contributed by atoms with Crippen molar-refractivity contribution in [3.8, 4) is 23.0 Å². The Morgan fingerprint density at radius 3 is 2.54 bits per heavy atom. The van der Waals surface area contributed by atoms with Crippen molar-refractivity contribution in [2.45, 2.75) is 13.2 Å². The number of carbonyl (C=O) groups is 1. The molecule has 0 unspecified atom stereocenters. The normalized spacial score (nSPS) is 17.3. The van der Waals surface area contributed by atoms with Crippen molar-refractivity contribution in [3.63, 3.8) is 0 Å². The standard InChI is InChI=1S/C21H20N2O5/c1-11-6-5-7-12-10-14-20(24)22-19(23-21(14)28-16(11)12)13-8-9-15(25-2)18(27-4)17(13)26-3/h5-10,21H,1-4H3,(H,22,23,24)/t21-/m1/s1. The predicted octanol–water partition coefficient (Wildman–Crippen LogP) is 2.70. The largest absolute Gasteiger partial charge is 0.493 e. The summed E-state index contributed by atoms with van der Waals surface area (Å²) in [5.41, 5.74) is 2.89. The number of hydrogen-bond acceptors (Lipinski definition) is 6. The van der Waals surface area contributed by atoms with Gasteiger partial charge in [0.15, 0.2) is 11.5 Å². The number of ether oxygens (including phenoxy) is 4. The molecule has 2 aliphatic rings. The van der Waals surface area contributed by atoms with Crippen molar-refractivity contribution < 1.29 is 23.7 Å². The first-order chi connectivity index (χ1) is 13.6. The number of amidine groups is 1. The summed E-state index contributed by atoms with van der Waals surface area (Å²) in [5, 5.41) is 2.83. The highest BCUT2D eigenvalue weighted by molar-refractivity contribution is 6.17. The lowest BCUT2D eigenvalue weighted by molar-refractivity contribution is -0.117. The molecule has 0 saturated carbocycles. The maximum atomic E-state index is 12.7. The maximum absolute atomic E-state index is 12.7. The molecule has 0 aromatic heterocycles. The van der Waals surface area contributed by atoms with Crippen LogP contribution in [-0.4, -0.2) is 39.3 Å². The second kappa shape index (κ2) is 6.92. The van der Waals surface area contributed by atoms with Crippen molar-refractivity contribution in [2.24, 2.45) is 4.99 Å². The summed E-state index contributed by atoms with van der Waals surface area (Å²) in [5.74, 6) is 2.17. The Morgan fingerprint density at radius 1 is 1.04 bits per heavy atom. The minimum absolute atomic E-state index is 0.265. The third-order valence-electron chi connectivity index (χ3n) is 4.75. The predicted molar refractivity (Wildman–Crippen MR) is 104 cm³/mol. The molecule has 1 N–H and O–H groups in total. The Balaban J connectivity index is 1.81. The zero-order chi connectivity index (χ0) is 19.8. The highest BCUT2D eigenvalue weighted by Gasteiger charge is 2.34. The molecule has 0 fully saturated rings. The van der Waals surface area contributed by atoms with Gasteiger partial charge in [-0.3, -0.25) is 4.79 Å². The maximum Gasteiger partial charge on any atom is 0.258 e. The van der Waals surface area contributed by atoms with Crippen LogP contribution in [0.25, 0.3) is 6.08 Å². The molecule has 0 radical (unpaired) electrons. The van der Waals surface area contributed by atoms with Crippen LogP contribution in [0, 0.1) is 6.92 Å². The van der Waals surface area contributed by atoms with Crippen molar-refractivity contribution in [1.29, 1.82) is 0 Å². The molecule has 2 aromatic rings. The molecule has 144 valence electrons. The van der Waals surface area contributed by atoms with Crippen LogP contribution >= 0.6 is 0 Å². The highest BCUT2D eigenvalue weighted by atomic mass is 16.5. The fraction of sp³-hybridized carbons (Fsp3) is 0.238. The number of rotatable bonds is 4. The molecule has 7 nitrogen and oxygen atoms in total. The molecule has 0 aliphatic carbocycles. The van der Waals surface area contributed by atoms with E-state index in [1.165, 1.54) is 14.2 Å². The van der Waals surface area contributed by atoms with E-state index in [9.17, 15) is 4.79 Å². The summed E-state index contributed by atoms with van der Waals surface area (Å²) in [4.78, 5) is 17.4. The van der Waals surface area contributed by atoms with Crippen molar-refractivity contribution >= 4 is 17.8 Å². The molecular formula is C21H20N2O5. The van der Waals surface area contributed by atoms with E-state index in [0.29, 0.717) is 34.2 Å². The van der Waals surface area contributed by atoms with Crippen LogP contribution in [0.2, 0.25) is 0 Å².